The second-order valence-electron chi connectivity index (χ2n) is 2.21. The summed E-state index contributed by atoms with van der Waals surface area (Å²) < 4.78 is 0. The van der Waals surface area contributed by atoms with E-state index in [-0.39, 0.29) is 10.8 Å². The number of rotatable bonds is 5. The summed E-state index contributed by atoms with van der Waals surface area (Å²) in [6, 6.07) is 0. The molecule has 0 aliphatic rings. The van der Waals surface area contributed by atoms with E-state index in [1.165, 1.54) is 12.5 Å². The molecule has 0 saturated heterocycles. The quantitative estimate of drug-likeness (QED) is 0.387. The number of hydrogen-bond donors (Lipinski definition) is 1. The zero-order valence-corrected chi connectivity index (χ0v) is 8.41. The van der Waals surface area contributed by atoms with Gasteiger partial charge in [-0.1, -0.05) is 5.16 Å². The number of thiazole rings is 1. The Morgan fingerprint density at radius 3 is 3.07 bits per heavy atom. The largest absolute Gasteiger partial charge is 0.543 e. The number of oxime groups is 1. The Morgan fingerprint density at radius 1 is 1.80 bits per heavy atom. The number of carbonyl (C=O) groups excluding carboxylic acids is 2. The van der Waals surface area contributed by atoms with Gasteiger partial charge in [0.15, 0.2) is 10.8 Å². The lowest BCUT2D eigenvalue weighted by Crippen LogP contribution is -2.32. The van der Waals surface area contributed by atoms with Gasteiger partial charge in [0.05, 0.1) is 5.97 Å². The molecule has 1 N–H and O–H groups in total. The molecule has 0 radical (unpaired) electrons. The van der Waals surface area contributed by atoms with Gasteiger partial charge < -0.3 is 20.1 Å². The van der Waals surface area contributed by atoms with E-state index >= 15 is 0 Å². The highest BCUT2D eigenvalue weighted by atomic mass is 32.1. The molecule has 0 aliphatic heterocycles. The van der Waals surface area contributed by atoms with Gasteiger partial charge in [0.1, 0.15) is 12.8 Å². The number of aliphatic carboxylic acids is 1. The lowest BCUT2D eigenvalue weighted by Gasteiger charge is -2.01. The Balaban J connectivity index is 2.97. The van der Waals surface area contributed by atoms with Gasteiger partial charge in [0.2, 0.25) is 6.41 Å². The maximum Gasteiger partial charge on any atom is 0.213 e. The first-order valence-electron chi connectivity index (χ1n) is 3.67. The van der Waals surface area contributed by atoms with Gasteiger partial charge in [-0.2, -0.15) is 0 Å². The second kappa shape index (κ2) is 5.05. The maximum atomic E-state index is 10.6. The molecule has 80 valence electrons. The number of carbonyl (C=O) groups is 2. The van der Waals surface area contributed by atoms with E-state index in [9.17, 15) is 14.7 Å². The average molecular weight is 228 g/mol. The minimum absolute atomic E-state index is 0.0752. The molecule has 1 aromatic heterocycles. The van der Waals surface area contributed by atoms with Crippen molar-refractivity contribution in [2.45, 2.75) is 0 Å². The van der Waals surface area contributed by atoms with Gasteiger partial charge in [-0.3, -0.25) is 4.79 Å². The third-order valence-electron chi connectivity index (χ3n) is 1.31. The smallest absolute Gasteiger partial charge is 0.213 e. The van der Waals surface area contributed by atoms with Crippen molar-refractivity contribution >= 4 is 34.6 Å². The summed E-state index contributed by atoms with van der Waals surface area (Å²) in [7, 11) is 1.21. The molecule has 0 bridgehead atoms. The van der Waals surface area contributed by atoms with E-state index in [0.29, 0.717) is 6.41 Å². The molecule has 0 aromatic carbocycles. The van der Waals surface area contributed by atoms with Crippen LogP contribution in [-0.4, -0.2) is 30.2 Å². The van der Waals surface area contributed by atoms with Gasteiger partial charge in [-0.05, 0) is 0 Å². The van der Waals surface area contributed by atoms with Crippen molar-refractivity contribution < 1.29 is 19.5 Å². The van der Waals surface area contributed by atoms with E-state index in [0.717, 1.165) is 11.3 Å². The molecule has 8 heteroatoms. The molecule has 0 unspecified atom stereocenters. The monoisotopic (exact) mass is 228 g/mol. The Bertz CT molecular complexity index is 401. The number of amides is 1. The standard InChI is InChI=1S/C7H7N3O4S/c1-14-10-5(6(12)13)4-2-15-7(9-4)8-3-11/h2-3H,1H3,(H,12,13)(H,8,9,11)/p-1/b10-5-. The zero-order valence-electron chi connectivity index (χ0n) is 7.59. The summed E-state index contributed by atoms with van der Waals surface area (Å²) in [6.07, 6.45) is 0.439. The number of anilines is 1. The van der Waals surface area contributed by atoms with Crippen LogP contribution in [0.2, 0.25) is 0 Å². The first-order chi connectivity index (χ1) is 7.19. The molecule has 1 heterocycles. The lowest BCUT2D eigenvalue weighted by atomic mass is 10.3. The molecule has 1 aromatic rings. The molecule has 1 rings (SSSR count). The highest BCUT2D eigenvalue weighted by molar-refractivity contribution is 7.14. The summed E-state index contributed by atoms with van der Waals surface area (Å²) in [5, 5.41) is 17.8. The van der Waals surface area contributed by atoms with Gasteiger partial charge in [0, 0.05) is 5.38 Å². The SMILES string of the molecule is CO/N=C(\C(=O)[O-])c1csc(NC=O)n1. The van der Waals surface area contributed by atoms with Crippen molar-refractivity contribution in [3.05, 3.63) is 11.1 Å². The van der Waals surface area contributed by atoms with Crippen LogP contribution in [0.15, 0.2) is 10.5 Å². The predicted octanol–water partition coefficient (Wildman–Crippen LogP) is -1.19. The van der Waals surface area contributed by atoms with Crippen LogP contribution >= 0.6 is 11.3 Å². The first kappa shape index (κ1) is 11.1. The average Bonchev–Trinajstić information content (AvgIpc) is 2.62. The molecule has 0 saturated carbocycles. The minimum Gasteiger partial charge on any atom is -0.543 e. The predicted molar refractivity (Wildman–Crippen MR) is 50.4 cm³/mol. The fourth-order valence-electron chi connectivity index (χ4n) is 0.779. The lowest BCUT2D eigenvalue weighted by molar-refractivity contribution is -0.294. The minimum atomic E-state index is -1.50. The van der Waals surface area contributed by atoms with Crippen LogP contribution in [0.3, 0.4) is 0 Å². The number of hydrogen-bond acceptors (Lipinski definition) is 7. The van der Waals surface area contributed by atoms with Crippen LogP contribution in [0.25, 0.3) is 0 Å². The number of carboxylic acid groups (broad SMARTS) is 1. The third-order valence-corrected chi connectivity index (χ3v) is 2.08. The van der Waals surface area contributed by atoms with Crippen LogP contribution in [0, 0.1) is 0 Å². The summed E-state index contributed by atoms with van der Waals surface area (Å²) in [5.74, 6) is -1.50. The number of nitrogens with zero attached hydrogens (tertiary/aromatic N) is 2. The molecular weight excluding hydrogens is 222 g/mol. The Hall–Kier alpha value is -1.96. The molecule has 0 atom stereocenters. The summed E-state index contributed by atoms with van der Waals surface area (Å²) in [5.41, 5.74) is -0.348. The Morgan fingerprint density at radius 2 is 2.53 bits per heavy atom. The van der Waals surface area contributed by atoms with Crippen LogP contribution in [-0.2, 0) is 14.4 Å². The van der Waals surface area contributed by atoms with E-state index in [2.05, 4.69) is 20.3 Å². The first-order valence-corrected chi connectivity index (χ1v) is 4.55. The van der Waals surface area contributed by atoms with Crippen LogP contribution in [0.4, 0.5) is 5.13 Å². The van der Waals surface area contributed by atoms with Crippen LogP contribution in [0.5, 0.6) is 0 Å². The van der Waals surface area contributed by atoms with E-state index in [4.69, 9.17) is 0 Å². The van der Waals surface area contributed by atoms with Crippen LogP contribution < -0.4 is 10.4 Å². The van der Waals surface area contributed by atoms with Gasteiger partial charge in [0.25, 0.3) is 0 Å². The Labute approximate surface area is 88.4 Å². The van der Waals surface area contributed by atoms with Gasteiger partial charge in [-0.15, -0.1) is 11.3 Å². The fourth-order valence-corrected chi connectivity index (χ4v) is 1.43. The number of carboxylic acids is 1. The molecule has 7 nitrogen and oxygen atoms in total. The fraction of sp³-hybridized carbons (Fsp3) is 0.143. The van der Waals surface area contributed by atoms with Gasteiger partial charge >= 0.3 is 0 Å². The molecule has 0 spiro atoms. The molecule has 1 amide bonds. The number of nitrogens with one attached hydrogen (secondary N) is 1. The van der Waals surface area contributed by atoms with Crippen molar-refractivity contribution in [2.24, 2.45) is 5.16 Å². The number of aromatic nitrogens is 1. The van der Waals surface area contributed by atoms with E-state index in [1.807, 2.05) is 0 Å². The topological polar surface area (TPSA) is 104 Å². The highest BCUT2D eigenvalue weighted by Gasteiger charge is 2.10. The molecule has 15 heavy (non-hydrogen) atoms. The van der Waals surface area contributed by atoms with Crippen molar-refractivity contribution in [1.29, 1.82) is 0 Å². The highest BCUT2D eigenvalue weighted by Crippen LogP contribution is 2.15. The zero-order chi connectivity index (χ0) is 11.3. The van der Waals surface area contributed by atoms with E-state index < -0.39 is 11.7 Å². The van der Waals surface area contributed by atoms with Crippen molar-refractivity contribution in [3.63, 3.8) is 0 Å². The van der Waals surface area contributed by atoms with Gasteiger partial charge in [-0.25, -0.2) is 4.98 Å². The van der Waals surface area contributed by atoms with Crippen molar-refractivity contribution in [1.82, 2.24) is 4.98 Å². The van der Waals surface area contributed by atoms with Crippen molar-refractivity contribution in [3.8, 4) is 0 Å². The molecule has 0 aliphatic carbocycles. The summed E-state index contributed by atoms with van der Waals surface area (Å²) in [4.78, 5) is 28.8. The normalized spacial score (nSPS) is 10.9. The summed E-state index contributed by atoms with van der Waals surface area (Å²) in [6.45, 7) is 0. The summed E-state index contributed by atoms with van der Waals surface area (Å²) >= 11 is 1.06. The van der Waals surface area contributed by atoms with E-state index in [1.54, 1.807) is 0 Å². The van der Waals surface area contributed by atoms with Crippen LogP contribution in [0.1, 0.15) is 5.69 Å². The third kappa shape index (κ3) is 2.74. The molecule has 0 fully saturated rings. The maximum absolute atomic E-state index is 10.6. The van der Waals surface area contributed by atoms with Crippen molar-refractivity contribution in [2.75, 3.05) is 12.4 Å². The molecular formula is C7H6N3O4S-. The second-order valence-corrected chi connectivity index (χ2v) is 3.07. The Kier molecular flexibility index (Phi) is 3.75.